The van der Waals surface area contributed by atoms with Crippen molar-refractivity contribution in [2.24, 2.45) is 0 Å². The minimum absolute atomic E-state index is 0.0968. The van der Waals surface area contributed by atoms with Gasteiger partial charge < -0.3 is 19.3 Å². The van der Waals surface area contributed by atoms with E-state index in [4.69, 9.17) is 14.0 Å². The number of hydrogen-bond acceptors (Lipinski definition) is 5. The van der Waals surface area contributed by atoms with Gasteiger partial charge in [0.2, 0.25) is 0 Å². The number of carbonyl (C=O) groups is 1. The van der Waals surface area contributed by atoms with Gasteiger partial charge in [0.15, 0.2) is 0 Å². The molecule has 3 rings (SSSR count). The number of benzene rings is 1. The van der Waals surface area contributed by atoms with Crippen LogP contribution >= 0.6 is 0 Å². The SMILES string of the molecule is Cc1noc(C)c1COc1cccc(C(=O)NCCCOC2CCCCC2)c1. The van der Waals surface area contributed by atoms with E-state index in [2.05, 4.69) is 10.5 Å². The number of ether oxygens (including phenoxy) is 2. The van der Waals surface area contributed by atoms with Gasteiger partial charge in [-0.1, -0.05) is 30.5 Å². The van der Waals surface area contributed by atoms with Crippen molar-refractivity contribution in [3.05, 3.63) is 46.8 Å². The zero-order valence-electron chi connectivity index (χ0n) is 16.8. The van der Waals surface area contributed by atoms with Crippen molar-refractivity contribution >= 4 is 5.91 Å². The fourth-order valence-corrected chi connectivity index (χ4v) is 3.45. The van der Waals surface area contributed by atoms with Crippen LogP contribution in [0, 0.1) is 13.8 Å². The Morgan fingerprint density at radius 2 is 2.07 bits per heavy atom. The number of aromatic nitrogens is 1. The van der Waals surface area contributed by atoms with Crippen LogP contribution in [0.1, 0.15) is 65.9 Å². The zero-order valence-corrected chi connectivity index (χ0v) is 16.8. The van der Waals surface area contributed by atoms with Crippen LogP contribution in [0.15, 0.2) is 28.8 Å². The second-order valence-electron chi connectivity index (χ2n) is 7.36. The highest BCUT2D eigenvalue weighted by atomic mass is 16.5. The van der Waals surface area contributed by atoms with Gasteiger partial charge >= 0.3 is 0 Å². The molecular weight excluding hydrogens is 356 g/mol. The smallest absolute Gasteiger partial charge is 0.251 e. The Morgan fingerprint density at radius 3 is 2.82 bits per heavy atom. The maximum absolute atomic E-state index is 12.4. The Morgan fingerprint density at radius 1 is 1.25 bits per heavy atom. The summed E-state index contributed by atoms with van der Waals surface area (Å²) in [5.41, 5.74) is 2.35. The number of rotatable bonds is 9. The van der Waals surface area contributed by atoms with Crippen molar-refractivity contribution in [1.82, 2.24) is 10.5 Å². The van der Waals surface area contributed by atoms with Crippen molar-refractivity contribution in [2.45, 2.75) is 65.1 Å². The molecule has 0 radical (unpaired) electrons. The Kier molecular flexibility index (Phi) is 7.48. The quantitative estimate of drug-likeness (QED) is 0.649. The van der Waals surface area contributed by atoms with E-state index in [9.17, 15) is 4.79 Å². The van der Waals surface area contributed by atoms with E-state index in [1.807, 2.05) is 26.0 Å². The van der Waals surface area contributed by atoms with E-state index in [1.165, 1.54) is 32.1 Å². The van der Waals surface area contributed by atoms with Crippen molar-refractivity contribution in [3.63, 3.8) is 0 Å². The van der Waals surface area contributed by atoms with Gasteiger partial charge in [0, 0.05) is 18.7 Å². The Labute approximate surface area is 166 Å². The highest BCUT2D eigenvalue weighted by molar-refractivity contribution is 5.94. The molecule has 0 spiro atoms. The number of nitrogens with zero attached hydrogens (tertiary/aromatic N) is 1. The van der Waals surface area contributed by atoms with Gasteiger partial charge in [-0.15, -0.1) is 0 Å². The van der Waals surface area contributed by atoms with E-state index in [0.717, 1.165) is 23.4 Å². The Balaban J connectivity index is 1.40. The molecule has 0 bridgehead atoms. The molecule has 0 saturated heterocycles. The number of amides is 1. The number of carbonyl (C=O) groups excluding carboxylic acids is 1. The second kappa shape index (κ2) is 10.3. The highest BCUT2D eigenvalue weighted by Crippen LogP contribution is 2.20. The van der Waals surface area contributed by atoms with Gasteiger partial charge in [0.25, 0.3) is 5.91 Å². The summed E-state index contributed by atoms with van der Waals surface area (Å²) in [4.78, 5) is 12.4. The van der Waals surface area contributed by atoms with Gasteiger partial charge in [0.1, 0.15) is 18.1 Å². The molecule has 28 heavy (non-hydrogen) atoms. The fraction of sp³-hybridized carbons (Fsp3) is 0.545. The van der Waals surface area contributed by atoms with Crippen LogP contribution in [-0.4, -0.2) is 30.3 Å². The summed E-state index contributed by atoms with van der Waals surface area (Å²) < 4.78 is 16.8. The van der Waals surface area contributed by atoms with Gasteiger partial charge in [-0.3, -0.25) is 4.79 Å². The third kappa shape index (κ3) is 5.83. The first-order valence-electron chi connectivity index (χ1n) is 10.2. The van der Waals surface area contributed by atoms with E-state index in [1.54, 1.807) is 12.1 Å². The maximum atomic E-state index is 12.4. The molecular formula is C22H30N2O4. The summed E-state index contributed by atoms with van der Waals surface area (Å²) in [5, 5.41) is 6.88. The van der Waals surface area contributed by atoms with Crippen LogP contribution in [0.25, 0.3) is 0 Å². The molecule has 1 saturated carbocycles. The van der Waals surface area contributed by atoms with Crippen LogP contribution < -0.4 is 10.1 Å². The van der Waals surface area contributed by atoms with E-state index >= 15 is 0 Å². The van der Waals surface area contributed by atoms with Crippen LogP contribution in [0.5, 0.6) is 5.75 Å². The lowest BCUT2D eigenvalue weighted by molar-refractivity contribution is 0.0273. The third-order valence-electron chi connectivity index (χ3n) is 5.17. The second-order valence-corrected chi connectivity index (χ2v) is 7.36. The number of aryl methyl sites for hydroxylation is 2. The van der Waals surface area contributed by atoms with Crippen LogP contribution in [0.3, 0.4) is 0 Å². The predicted octanol–water partition coefficient (Wildman–Crippen LogP) is 4.34. The molecule has 1 aliphatic rings. The molecule has 1 aromatic carbocycles. The minimum atomic E-state index is -0.0968. The molecule has 0 aliphatic heterocycles. The Hall–Kier alpha value is -2.34. The van der Waals surface area contributed by atoms with E-state index in [-0.39, 0.29) is 5.91 Å². The average Bonchev–Trinajstić information content (AvgIpc) is 3.04. The first-order chi connectivity index (χ1) is 13.6. The van der Waals surface area contributed by atoms with Crippen molar-refractivity contribution in [2.75, 3.05) is 13.2 Å². The van der Waals surface area contributed by atoms with Crippen molar-refractivity contribution in [3.8, 4) is 5.75 Å². The van der Waals surface area contributed by atoms with Gasteiger partial charge in [-0.25, -0.2) is 0 Å². The predicted molar refractivity (Wildman–Crippen MR) is 107 cm³/mol. The molecule has 1 aliphatic carbocycles. The summed E-state index contributed by atoms with van der Waals surface area (Å²) >= 11 is 0. The minimum Gasteiger partial charge on any atom is -0.489 e. The molecule has 1 heterocycles. The summed E-state index contributed by atoms with van der Waals surface area (Å²) in [6, 6.07) is 7.21. The highest BCUT2D eigenvalue weighted by Gasteiger charge is 2.13. The van der Waals surface area contributed by atoms with Crippen LogP contribution in [0.2, 0.25) is 0 Å². The van der Waals surface area contributed by atoms with E-state index < -0.39 is 0 Å². The molecule has 1 N–H and O–H groups in total. The molecule has 0 unspecified atom stereocenters. The van der Waals surface area contributed by atoms with Crippen LogP contribution in [0.4, 0.5) is 0 Å². The van der Waals surface area contributed by atoms with Crippen LogP contribution in [-0.2, 0) is 11.3 Å². The number of hydrogen-bond donors (Lipinski definition) is 1. The lowest BCUT2D eigenvalue weighted by Crippen LogP contribution is -2.26. The molecule has 1 aromatic heterocycles. The summed E-state index contributed by atoms with van der Waals surface area (Å²) in [5.74, 6) is 1.30. The van der Waals surface area contributed by atoms with E-state index in [0.29, 0.717) is 37.2 Å². The van der Waals surface area contributed by atoms with Crippen molar-refractivity contribution in [1.29, 1.82) is 0 Å². The Bertz CT molecular complexity index is 746. The molecule has 1 amide bonds. The first-order valence-corrected chi connectivity index (χ1v) is 10.2. The number of nitrogens with one attached hydrogen (secondary N) is 1. The monoisotopic (exact) mass is 386 g/mol. The molecule has 1 fully saturated rings. The first kappa shape index (κ1) is 20.4. The summed E-state index contributed by atoms with van der Waals surface area (Å²) in [6.07, 6.45) is 7.46. The summed E-state index contributed by atoms with van der Waals surface area (Å²) in [6.45, 7) is 5.42. The maximum Gasteiger partial charge on any atom is 0.251 e. The fourth-order valence-electron chi connectivity index (χ4n) is 3.45. The van der Waals surface area contributed by atoms with Gasteiger partial charge in [0.05, 0.1) is 17.4 Å². The largest absolute Gasteiger partial charge is 0.489 e. The molecule has 6 heteroatoms. The van der Waals surface area contributed by atoms with Gasteiger partial charge in [-0.05, 0) is 51.3 Å². The lowest BCUT2D eigenvalue weighted by Gasteiger charge is -2.21. The normalized spacial score (nSPS) is 14.8. The van der Waals surface area contributed by atoms with Crippen molar-refractivity contribution < 1.29 is 18.8 Å². The molecule has 6 nitrogen and oxygen atoms in total. The third-order valence-corrected chi connectivity index (χ3v) is 5.17. The molecule has 0 atom stereocenters. The topological polar surface area (TPSA) is 73.6 Å². The average molecular weight is 386 g/mol. The standard InChI is InChI=1S/C22H30N2O4/c1-16-21(17(2)28-24-16)15-27-20-11-6-8-18(14-20)22(25)23-12-7-13-26-19-9-4-3-5-10-19/h6,8,11,14,19H,3-5,7,9-10,12-13,15H2,1-2H3,(H,23,25). The zero-order chi connectivity index (χ0) is 19.8. The molecule has 152 valence electrons. The summed E-state index contributed by atoms with van der Waals surface area (Å²) in [7, 11) is 0. The lowest BCUT2D eigenvalue weighted by atomic mass is 9.98. The molecule has 2 aromatic rings. The van der Waals surface area contributed by atoms with Gasteiger partial charge in [-0.2, -0.15) is 0 Å².